The number of nitro groups is 1. The summed E-state index contributed by atoms with van der Waals surface area (Å²) in [6.45, 7) is 0. The van der Waals surface area contributed by atoms with Crippen LogP contribution in [-0.4, -0.2) is 4.92 Å². The Morgan fingerprint density at radius 1 is 1.73 bits per heavy atom. The van der Waals surface area contributed by atoms with E-state index in [1.165, 1.54) is 12.3 Å². The third-order valence-corrected chi connectivity index (χ3v) is 1.77. The maximum absolute atomic E-state index is 10.2. The van der Waals surface area contributed by atoms with Gasteiger partial charge in [-0.2, -0.15) is 0 Å². The first-order valence-corrected chi connectivity index (χ1v) is 3.51. The van der Waals surface area contributed by atoms with Crippen LogP contribution in [0, 0.1) is 10.1 Å². The summed E-state index contributed by atoms with van der Waals surface area (Å²) in [4.78, 5) is 12.2. The number of nitrogens with one attached hydrogen (secondary N) is 1. The molecule has 5 nitrogen and oxygen atoms in total. The molecule has 0 radical (unpaired) electrons. The van der Waals surface area contributed by atoms with E-state index in [1.807, 2.05) is 0 Å². The molecule has 11 heavy (non-hydrogen) atoms. The predicted molar refractivity (Wildman–Crippen MR) is 41.8 cm³/mol. The number of anilines is 1. The molecule has 1 aromatic heterocycles. The van der Waals surface area contributed by atoms with E-state index in [0.717, 1.165) is 0 Å². The number of aromatic nitrogens is 1. The van der Waals surface area contributed by atoms with Crippen molar-refractivity contribution in [3.8, 4) is 0 Å². The Hall–Kier alpha value is -1.17. The molecule has 1 aromatic rings. The molecule has 58 valence electrons. The number of H-pyrrole nitrogens is 1. The molecule has 0 amide bonds. The second-order valence-corrected chi connectivity index (χ2v) is 2.73. The summed E-state index contributed by atoms with van der Waals surface area (Å²) in [5, 5.41) is 10.2. The van der Waals surface area contributed by atoms with Gasteiger partial charge >= 0.3 is 5.69 Å². The molecule has 1 rings (SSSR count). The number of rotatable bonds is 1. The second-order valence-electron chi connectivity index (χ2n) is 1.88. The van der Waals surface area contributed by atoms with Gasteiger partial charge in [0.05, 0.1) is 4.92 Å². The number of hydrogen-bond donors (Lipinski definition) is 1. The Morgan fingerprint density at radius 3 is 2.82 bits per heavy atom. The minimum Gasteiger partial charge on any atom is -0.286 e. The van der Waals surface area contributed by atoms with E-state index in [2.05, 4.69) is 20.9 Å². The number of pyridine rings is 1. The van der Waals surface area contributed by atoms with Gasteiger partial charge in [0, 0.05) is 6.07 Å². The third-order valence-electron chi connectivity index (χ3n) is 1.12. The molecule has 3 N–H and O–H groups in total. The van der Waals surface area contributed by atoms with Crippen LogP contribution < -0.4 is 10.7 Å². The zero-order valence-electron chi connectivity index (χ0n) is 5.37. The molecule has 0 aliphatic rings. The largest absolute Gasteiger partial charge is 0.309 e. The smallest absolute Gasteiger partial charge is 0.286 e. The van der Waals surface area contributed by atoms with Crippen LogP contribution in [0.2, 0.25) is 0 Å². The summed E-state index contributed by atoms with van der Waals surface area (Å²) in [5.74, 6) is 0.371. The molecular weight excluding hydrogens is 214 g/mol. The van der Waals surface area contributed by atoms with Crippen molar-refractivity contribution in [3.05, 3.63) is 26.9 Å². The van der Waals surface area contributed by atoms with Gasteiger partial charge in [-0.1, -0.05) is 0 Å². The quantitative estimate of drug-likeness (QED) is 0.558. The number of aromatic amines is 1. The Morgan fingerprint density at radius 2 is 2.36 bits per heavy atom. The van der Waals surface area contributed by atoms with E-state index in [4.69, 9.17) is 5.73 Å². The molecule has 0 saturated heterocycles. The van der Waals surface area contributed by atoms with Crippen molar-refractivity contribution in [1.29, 1.82) is 0 Å². The third kappa shape index (κ3) is 1.64. The SMILES string of the molecule is Nc1[nH+]cc([N+](=O)[O-])cc1Br. The van der Waals surface area contributed by atoms with Crippen molar-refractivity contribution in [2.75, 3.05) is 5.73 Å². The van der Waals surface area contributed by atoms with Gasteiger partial charge in [-0.05, 0) is 15.9 Å². The number of nitrogens with two attached hydrogens (primary N) is 1. The molecule has 0 atom stereocenters. The van der Waals surface area contributed by atoms with Gasteiger partial charge in [0.2, 0.25) is 0 Å². The Labute approximate surface area is 70.5 Å². The monoisotopic (exact) mass is 218 g/mol. The first-order valence-electron chi connectivity index (χ1n) is 2.72. The Balaban J connectivity index is 3.15. The fourth-order valence-corrected chi connectivity index (χ4v) is 0.924. The lowest BCUT2D eigenvalue weighted by molar-refractivity contribution is -0.413. The first kappa shape index (κ1) is 7.93. The second kappa shape index (κ2) is 2.83. The molecule has 6 heteroatoms. The van der Waals surface area contributed by atoms with Crippen LogP contribution in [0.4, 0.5) is 11.5 Å². The van der Waals surface area contributed by atoms with Crippen molar-refractivity contribution < 1.29 is 9.91 Å². The Bertz CT molecular complexity index is 302. The van der Waals surface area contributed by atoms with Gasteiger partial charge in [-0.15, -0.1) is 0 Å². The van der Waals surface area contributed by atoms with Crippen molar-refractivity contribution in [2.45, 2.75) is 0 Å². The maximum Gasteiger partial charge on any atom is 0.309 e. The van der Waals surface area contributed by atoms with Gasteiger partial charge in [0.1, 0.15) is 4.47 Å². The van der Waals surface area contributed by atoms with Gasteiger partial charge in [0.25, 0.3) is 5.82 Å². The molecule has 0 fully saturated rings. The normalized spacial score (nSPS) is 9.55. The minimum absolute atomic E-state index is 0.0222. The average molecular weight is 219 g/mol. The summed E-state index contributed by atoms with van der Waals surface area (Å²) in [6.07, 6.45) is 1.24. The van der Waals surface area contributed by atoms with Crippen LogP contribution in [0.1, 0.15) is 0 Å². The van der Waals surface area contributed by atoms with E-state index in [1.54, 1.807) is 0 Å². The molecule has 0 saturated carbocycles. The lowest BCUT2D eigenvalue weighted by atomic mass is 10.4. The van der Waals surface area contributed by atoms with E-state index < -0.39 is 4.92 Å². The van der Waals surface area contributed by atoms with E-state index in [-0.39, 0.29) is 5.69 Å². The fraction of sp³-hybridized carbons (Fsp3) is 0. The molecule has 0 aliphatic heterocycles. The van der Waals surface area contributed by atoms with Crippen molar-refractivity contribution in [3.63, 3.8) is 0 Å². The summed E-state index contributed by atoms with van der Waals surface area (Å²) >= 11 is 3.05. The fourth-order valence-electron chi connectivity index (χ4n) is 0.575. The maximum atomic E-state index is 10.2. The molecule has 0 aliphatic carbocycles. The van der Waals surface area contributed by atoms with Gasteiger partial charge in [-0.25, -0.2) is 4.98 Å². The molecular formula is C5H5BrN3O2+. The van der Waals surface area contributed by atoms with E-state index in [0.29, 0.717) is 10.3 Å². The summed E-state index contributed by atoms with van der Waals surface area (Å²) in [6, 6.07) is 1.34. The number of hydrogen-bond acceptors (Lipinski definition) is 3. The first-order chi connectivity index (χ1) is 5.11. The molecule has 0 aromatic carbocycles. The summed E-state index contributed by atoms with van der Waals surface area (Å²) in [5.41, 5.74) is 5.34. The molecule has 0 unspecified atom stereocenters. The number of nitrogen functional groups attached to an aromatic ring is 1. The number of nitrogens with zero attached hydrogens (tertiary/aromatic N) is 1. The average Bonchev–Trinajstić information content (AvgIpc) is 1.94. The topological polar surface area (TPSA) is 83.3 Å². The van der Waals surface area contributed by atoms with Gasteiger partial charge in [-0.3, -0.25) is 15.8 Å². The summed E-state index contributed by atoms with van der Waals surface area (Å²) in [7, 11) is 0. The highest BCUT2D eigenvalue weighted by Crippen LogP contribution is 2.18. The van der Waals surface area contributed by atoms with Crippen LogP contribution in [0.3, 0.4) is 0 Å². The van der Waals surface area contributed by atoms with E-state index in [9.17, 15) is 10.1 Å². The van der Waals surface area contributed by atoms with E-state index >= 15 is 0 Å². The highest BCUT2D eigenvalue weighted by molar-refractivity contribution is 9.10. The highest BCUT2D eigenvalue weighted by atomic mass is 79.9. The van der Waals surface area contributed by atoms with Crippen molar-refractivity contribution in [1.82, 2.24) is 0 Å². The minimum atomic E-state index is -0.499. The number of halogens is 1. The van der Waals surface area contributed by atoms with Gasteiger partial charge in [0.15, 0.2) is 6.20 Å². The van der Waals surface area contributed by atoms with Gasteiger partial charge < -0.3 is 0 Å². The molecule has 1 heterocycles. The molecule has 0 spiro atoms. The highest BCUT2D eigenvalue weighted by Gasteiger charge is 2.11. The van der Waals surface area contributed by atoms with Crippen molar-refractivity contribution >= 4 is 27.4 Å². The zero-order chi connectivity index (χ0) is 8.43. The lowest BCUT2D eigenvalue weighted by Gasteiger charge is -1.90. The van der Waals surface area contributed by atoms with Crippen LogP contribution in [0.5, 0.6) is 0 Å². The van der Waals surface area contributed by atoms with Crippen LogP contribution >= 0.6 is 15.9 Å². The van der Waals surface area contributed by atoms with Crippen molar-refractivity contribution in [2.24, 2.45) is 0 Å². The van der Waals surface area contributed by atoms with Crippen LogP contribution in [-0.2, 0) is 0 Å². The summed E-state index contributed by atoms with van der Waals surface area (Å²) < 4.78 is 0.492. The standard InChI is InChI=1S/C5H4BrN3O2/c6-4-1-3(9(10)11)2-8-5(4)7/h1-2H,(H2,7,8)/p+1. The Kier molecular flexibility index (Phi) is 2.04. The molecule has 0 bridgehead atoms. The predicted octanol–water partition coefficient (Wildman–Crippen LogP) is 0.754. The van der Waals surface area contributed by atoms with Crippen LogP contribution in [0.15, 0.2) is 16.7 Å². The lowest BCUT2D eigenvalue weighted by Crippen LogP contribution is -2.10. The zero-order valence-corrected chi connectivity index (χ0v) is 6.96. The van der Waals surface area contributed by atoms with Crippen LogP contribution in [0.25, 0.3) is 0 Å².